The van der Waals surface area contributed by atoms with Crippen molar-refractivity contribution in [2.24, 2.45) is 11.1 Å². The van der Waals surface area contributed by atoms with Gasteiger partial charge in [-0.2, -0.15) is 0 Å². The molecule has 0 saturated heterocycles. The number of nitrogens with two attached hydrogens (primary N) is 1. The fourth-order valence-electron chi connectivity index (χ4n) is 2.43. The Labute approximate surface area is 94.3 Å². The molecule has 1 unspecified atom stereocenters. The highest BCUT2D eigenvalue weighted by Gasteiger charge is 2.43. The van der Waals surface area contributed by atoms with Gasteiger partial charge in [-0.1, -0.05) is 25.4 Å². The van der Waals surface area contributed by atoms with Crippen LogP contribution >= 0.6 is 22.9 Å². The Balaban J connectivity index is 2.32. The zero-order valence-corrected chi connectivity index (χ0v) is 10.2. The highest BCUT2D eigenvalue weighted by molar-refractivity contribution is 7.10. The zero-order valence-electron chi connectivity index (χ0n) is 8.64. The van der Waals surface area contributed by atoms with E-state index in [1.807, 2.05) is 11.4 Å². The molecule has 2 rings (SSSR count). The van der Waals surface area contributed by atoms with Gasteiger partial charge in [0, 0.05) is 4.88 Å². The van der Waals surface area contributed by atoms with Crippen molar-refractivity contribution in [3.63, 3.8) is 0 Å². The second-order valence-corrected chi connectivity index (χ2v) is 6.42. The fraction of sp³-hybridized carbons (Fsp3) is 0.636. The maximum Gasteiger partial charge on any atom is 0.0564 e. The lowest BCUT2D eigenvalue weighted by molar-refractivity contribution is 0.342. The first-order valence-corrected chi connectivity index (χ1v) is 6.21. The monoisotopic (exact) mass is 229 g/mol. The Morgan fingerprint density at radius 2 is 2.14 bits per heavy atom. The highest BCUT2D eigenvalue weighted by Crippen LogP contribution is 2.50. The molecule has 1 aromatic heterocycles. The van der Waals surface area contributed by atoms with E-state index in [4.69, 9.17) is 17.3 Å². The molecule has 1 aliphatic rings. The lowest BCUT2D eigenvalue weighted by Gasteiger charge is -2.25. The molecule has 1 saturated carbocycles. The quantitative estimate of drug-likeness (QED) is 0.780. The third-order valence-corrected chi connectivity index (χ3v) is 4.67. The summed E-state index contributed by atoms with van der Waals surface area (Å²) in [5.74, 6) is 0. The molecule has 0 aliphatic heterocycles. The molecule has 0 spiro atoms. The van der Waals surface area contributed by atoms with Gasteiger partial charge >= 0.3 is 0 Å². The van der Waals surface area contributed by atoms with Gasteiger partial charge in [0.15, 0.2) is 0 Å². The molecule has 1 aliphatic carbocycles. The Bertz CT molecular complexity index is 345. The zero-order chi connectivity index (χ0) is 10.4. The van der Waals surface area contributed by atoms with Gasteiger partial charge in [0.25, 0.3) is 0 Å². The maximum absolute atomic E-state index is 6.43. The summed E-state index contributed by atoms with van der Waals surface area (Å²) in [6, 6.07) is 1.95. The Morgan fingerprint density at radius 1 is 1.43 bits per heavy atom. The first kappa shape index (κ1) is 10.5. The van der Waals surface area contributed by atoms with E-state index in [1.165, 1.54) is 11.3 Å². The van der Waals surface area contributed by atoms with Crippen molar-refractivity contribution in [1.29, 1.82) is 0 Å². The lowest BCUT2D eigenvalue weighted by Crippen LogP contribution is -2.33. The third-order valence-electron chi connectivity index (χ3n) is 3.11. The van der Waals surface area contributed by atoms with Gasteiger partial charge in [-0.15, -0.1) is 11.3 Å². The first-order valence-electron chi connectivity index (χ1n) is 4.95. The molecule has 2 N–H and O–H groups in total. The Kier molecular flexibility index (Phi) is 2.41. The summed E-state index contributed by atoms with van der Waals surface area (Å²) in [6.45, 7) is 4.56. The smallest absolute Gasteiger partial charge is 0.0564 e. The molecule has 14 heavy (non-hydrogen) atoms. The topological polar surface area (TPSA) is 26.0 Å². The van der Waals surface area contributed by atoms with Crippen molar-refractivity contribution in [2.75, 3.05) is 0 Å². The van der Waals surface area contributed by atoms with Crippen molar-refractivity contribution in [1.82, 2.24) is 0 Å². The summed E-state index contributed by atoms with van der Waals surface area (Å²) in [7, 11) is 0. The standard InChI is InChI=1S/C11H16ClNS/c1-10(2)4-5-11(13,7-10)9-8(12)3-6-14-9/h3,6H,4-5,7,13H2,1-2H3. The lowest BCUT2D eigenvalue weighted by atomic mass is 9.87. The van der Waals surface area contributed by atoms with Gasteiger partial charge < -0.3 is 5.73 Å². The maximum atomic E-state index is 6.43. The van der Waals surface area contributed by atoms with Crippen molar-refractivity contribution in [2.45, 2.75) is 38.6 Å². The van der Waals surface area contributed by atoms with Crippen LogP contribution in [0, 0.1) is 5.41 Å². The Morgan fingerprint density at radius 3 is 2.57 bits per heavy atom. The summed E-state index contributed by atoms with van der Waals surface area (Å²) in [6.07, 6.45) is 3.29. The summed E-state index contributed by atoms with van der Waals surface area (Å²) in [4.78, 5) is 1.17. The van der Waals surface area contributed by atoms with Gasteiger partial charge in [-0.25, -0.2) is 0 Å². The number of thiophene rings is 1. The van der Waals surface area contributed by atoms with E-state index in [2.05, 4.69) is 13.8 Å². The third kappa shape index (κ3) is 1.71. The van der Waals surface area contributed by atoms with Crippen LogP contribution in [0.25, 0.3) is 0 Å². The molecule has 1 nitrogen and oxygen atoms in total. The molecular weight excluding hydrogens is 214 g/mol. The molecule has 0 amide bonds. The average Bonchev–Trinajstić information content (AvgIpc) is 2.57. The number of rotatable bonds is 1. The summed E-state index contributed by atoms with van der Waals surface area (Å²) in [5, 5.41) is 2.87. The summed E-state index contributed by atoms with van der Waals surface area (Å²) >= 11 is 7.82. The second-order valence-electron chi connectivity index (χ2n) is 5.09. The fourth-order valence-corrected chi connectivity index (χ4v) is 3.82. The molecule has 0 radical (unpaired) electrons. The van der Waals surface area contributed by atoms with Crippen molar-refractivity contribution < 1.29 is 0 Å². The van der Waals surface area contributed by atoms with E-state index in [-0.39, 0.29) is 5.54 Å². The van der Waals surface area contributed by atoms with Crippen LogP contribution in [-0.4, -0.2) is 0 Å². The predicted octanol–water partition coefficient (Wildman–Crippen LogP) is 3.77. The largest absolute Gasteiger partial charge is 0.321 e. The summed E-state index contributed by atoms with van der Waals surface area (Å²) in [5.41, 5.74) is 6.62. The molecule has 1 heterocycles. The van der Waals surface area contributed by atoms with Crippen LogP contribution in [0.2, 0.25) is 5.02 Å². The van der Waals surface area contributed by atoms with Crippen LogP contribution in [0.3, 0.4) is 0 Å². The minimum Gasteiger partial charge on any atom is -0.321 e. The molecule has 1 atom stereocenters. The molecule has 1 fully saturated rings. The first-order chi connectivity index (χ1) is 6.43. The van der Waals surface area contributed by atoms with Crippen LogP contribution in [0.15, 0.2) is 11.4 Å². The minimum absolute atomic E-state index is 0.172. The van der Waals surface area contributed by atoms with Crippen LogP contribution in [0.5, 0.6) is 0 Å². The van der Waals surface area contributed by atoms with E-state index in [0.717, 1.165) is 17.9 Å². The normalized spacial score (nSPS) is 30.9. The number of hydrogen-bond acceptors (Lipinski definition) is 2. The van der Waals surface area contributed by atoms with Gasteiger partial charge in [0.1, 0.15) is 0 Å². The van der Waals surface area contributed by atoms with Crippen molar-refractivity contribution >= 4 is 22.9 Å². The SMILES string of the molecule is CC1(C)CCC(N)(c2sccc2Cl)C1. The predicted molar refractivity (Wildman–Crippen MR) is 62.8 cm³/mol. The minimum atomic E-state index is -0.172. The van der Waals surface area contributed by atoms with Gasteiger partial charge in [-0.05, 0) is 36.1 Å². The molecular formula is C11H16ClNS. The molecule has 78 valence electrons. The van der Waals surface area contributed by atoms with E-state index >= 15 is 0 Å². The van der Waals surface area contributed by atoms with Gasteiger partial charge in [-0.3, -0.25) is 0 Å². The van der Waals surface area contributed by atoms with Crippen molar-refractivity contribution in [3.8, 4) is 0 Å². The van der Waals surface area contributed by atoms with Gasteiger partial charge in [0.2, 0.25) is 0 Å². The van der Waals surface area contributed by atoms with E-state index in [1.54, 1.807) is 11.3 Å². The number of hydrogen-bond donors (Lipinski definition) is 1. The highest BCUT2D eigenvalue weighted by atomic mass is 35.5. The van der Waals surface area contributed by atoms with Gasteiger partial charge in [0.05, 0.1) is 10.6 Å². The van der Waals surface area contributed by atoms with E-state index in [9.17, 15) is 0 Å². The summed E-state index contributed by atoms with van der Waals surface area (Å²) < 4.78 is 0. The molecule has 3 heteroatoms. The van der Waals surface area contributed by atoms with Crippen LogP contribution in [0.1, 0.15) is 38.0 Å². The van der Waals surface area contributed by atoms with E-state index < -0.39 is 0 Å². The molecule has 0 aromatic carbocycles. The van der Waals surface area contributed by atoms with E-state index in [0.29, 0.717) is 5.41 Å². The van der Waals surface area contributed by atoms with Crippen LogP contribution in [0.4, 0.5) is 0 Å². The number of halogens is 1. The average molecular weight is 230 g/mol. The molecule has 1 aromatic rings. The second kappa shape index (κ2) is 3.22. The van der Waals surface area contributed by atoms with Crippen LogP contribution < -0.4 is 5.73 Å². The van der Waals surface area contributed by atoms with Crippen LogP contribution in [-0.2, 0) is 5.54 Å². The van der Waals surface area contributed by atoms with Crippen molar-refractivity contribution in [3.05, 3.63) is 21.3 Å². The molecule has 0 bridgehead atoms. The Hall–Kier alpha value is -0.0500.